The van der Waals surface area contributed by atoms with Crippen LogP contribution in [0.15, 0.2) is 30.6 Å². The van der Waals surface area contributed by atoms with E-state index in [4.69, 9.17) is 5.73 Å². The van der Waals surface area contributed by atoms with Gasteiger partial charge in [-0.25, -0.2) is 4.98 Å². The van der Waals surface area contributed by atoms with Crippen LogP contribution in [0.4, 0.5) is 0 Å². The largest absolute Gasteiger partial charge is 0.330 e. The Bertz CT molecular complexity index is 500. The standard InChI is InChI=1S/C14H19N3/c1-11-12(2)17(10-16-11)9-14-6-4-3-5-13(14)7-8-15/h3-6,10H,7-9,15H2,1-2H3. The van der Waals surface area contributed by atoms with Gasteiger partial charge in [-0.05, 0) is 37.9 Å². The second kappa shape index (κ2) is 5.15. The topological polar surface area (TPSA) is 43.8 Å². The van der Waals surface area contributed by atoms with Crippen molar-refractivity contribution in [2.45, 2.75) is 26.8 Å². The van der Waals surface area contributed by atoms with Gasteiger partial charge in [0.05, 0.1) is 12.0 Å². The van der Waals surface area contributed by atoms with Gasteiger partial charge >= 0.3 is 0 Å². The van der Waals surface area contributed by atoms with Crippen molar-refractivity contribution < 1.29 is 0 Å². The molecule has 1 aromatic carbocycles. The fourth-order valence-electron chi connectivity index (χ4n) is 2.00. The Morgan fingerprint density at radius 3 is 2.47 bits per heavy atom. The Balaban J connectivity index is 2.26. The van der Waals surface area contributed by atoms with E-state index in [1.165, 1.54) is 16.8 Å². The van der Waals surface area contributed by atoms with Gasteiger partial charge in [0.15, 0.2) is 0 Å². The third-order valence-electron chi connectivity index (χ3n) is 3.22. The van der Waals surface area contributed by atoms with Crippen molar-refractivity contribution in [3.05, 3.63) is 53.1 Å². The van der Waals surface area contributed by atoms with Crippen LogP contribution in [-0.2, 0) is 13.0 Å². The molecule has 90 valence electrons. The highest BCUT2D eigenvalue weighted by Gasteiger charge is 2.05. The Morgan fingerprint density at radius 1 is 1.18 bits per heavy atom. The Morgan fingerprint density at radius 2 is 1.88 bits per heavy atom. The summed E-state index contributed by atoms with van der Waals surface area (Å²) in [4.78, 5) is 4.33. The second-order valence-corrected chi connectivity index (χ2v) is 4.35. The lowest BCUT2D eigenvalue weighted by Gasteiger charge is -2.10. The summed E-state index contributed by atoms with van der Waals surface area (Å²) in [5, 5.41) is 0. The summed E-state index contributed by atoms with van der Waals surface area (Å²) < 4.78 is 2.19. The van der Waals surface area contributed by atoms with Crippen LogP contribution >= 0.6 is 0 Å². The molecule has 0 aliphatic rings. The van der Waals surface area contributed by atoms with E-state index in [-0.39, 0.29) is 0 Å². The molecule has 3 nitrogen and oxygen atoms in total. The predicted molar refractivity (Wildman–Crippen MR) is 70.0 cm³/mol. The van der Waals surface area contributed by atoms with Gasteiger partial charge in [0.25, 0.3) is 0 Å². The smallest absolute Gasteiger partial charge is 0.0954 e. The van der Waals surface area contributed by atoms with Crippen LogP contribution < -0.4 is 5.73 Å². The molecule has 1 aromatic heterocycles. The number of aryl methyl sites for hydroxylation is 1. The molecule has 3 heteroatoms. The summed E-state index contributed by atoms with van der Waals surface area (Å²) in [5.41, 5.74) is 10.6. The number of nitrogens with two attached hydrogens (primary N) is 1. The molecule has 0 amide bonds. The zero-order valence-electron chi connectivity index (χ0n) is 10.5. The van der Waals surface area contributed by atoms with E-state index in [0.717, 1.165) is 18.7 Å². The van der Waals surface area contributed by atoms with Crippen molar-refractivity contribution >= 4 is 0 Å². The number of imidazole rings is 1. The normalized spacial score (nSPS) is 10.8. The Hall–Kier alpha value is -1.61. The Kier molecular flexibility index (Phi) is 3.59. The minimum atomic E-state index is 0.693. The fourth-order valence-corrected chi connectivity index (χ4v) is 2.00. The molecule has 0 atom stereocenters. The zero-order valence-corrected chi connectivity index (χ0v) is 10.5. The summed E-state index contributed by atoms with van der Waals surface area (Å²) in [6.45, 7) is 5.72. The quantitative estimate of drug-likeness (QED) is 0.872. The first kappa shape index (κ1) is 11.9. The molecule has 0 aliphatic heterocycles. The van der Waals surface area contributed by atoms with Gasteiger partial charge in [-0.2, -0.15) is 0 Å². The second-order valence-electron chi connectivity index (χ2n) is 4.35. The van der Waals surface area contributed by atoms with Gasteiger partial charge < -0.3 is 10.3 Å². The number of rotatable bonds is 4. The molecule has 0 fully saturated rings. The Labute approximate surface area is 102 Å². The molecule has 0 bridgehead atoms. The minimum absolute atomic E-state index is 0.693. The predicted octanol–water partition coefficient (Wildman–Crippen LogP) is 2.05. The van der Waals surface area contributed by atoms with Gasteiger partial charge in [-0.1, -0.05) is 24.3 Å². The van der Waals surface area contributed by atoms with Crippen molar-refractivity contribution in [3.8, 4) is 0 Å². The molecule has 0 spiro atoms. The monoisotopic (exact) mass is 229 g/mol. The van der Waals surface area contributed by atoms with Gasteiger partial charge in [0, 0.05) is 12.2 Å². The highest BCUT2D eigenvalue weighted by molar-refractivity contribution is 5.28. The maximum absolute atomic E-state index is 5.64. The molecule has 0 saturated carbocycles. The molecule has 1 heterocycles. The van der Waals surface area contributed by atoms with Crippen molar-refractivity contribution in [1.82, 2.24) is 9.55 Å². The first-order chi connectivity index (χ1) is 8.22. The number of benzene rings is 1. The highest BCUT2D eigenvalue weighted by atomic mass is 15.0. The third kappa shape index (κ3) is 2.56. The van der Waals surface area contributed by atoms with E-state index in [1.807, 2.05) is 13.3 Å². The molecule has 0 unspecified atom stereocenters. The number of nitrogens with zero attached hydrogens (tertiary/aromatic N) is 2. The van der Waals surface area contributed by atoms with E-state index < -0.39 is 0 Å². The van der Waals surface area contributed by atoms with Crippen LogP contribution in [0.25, 0.3) is 0 Å². The van der Waals surface area contributed by atoms with Gasteiger partial charge in [-0.3, -0.25) is 0 Å². The van der Waals surface area contributed by atoms with E-state index >= 15 is 0 Å². The molecule has 0 saturated heterocycles. The zero-order chi connectivity index (χ0) is 12.3. The molecule has 2 N–H and O–H groups in total. The highest BCUT2D eigenvalue weighted by Crippen LogP contribution is 2.13. The molecule has 0 aliphatic carbocycles. The maximum Gasteiger partial charge on any atom is 0.0954 e. The number of hydrogen-bond donors (Lipinski definition) is 1. The van der Waals surface area contributed by atoms with Gasteiger partial charge in [0.2, 0.25) is 0 Å². The summed E-state index contributed by atoms with van der Waals surface area (Å²) in [7, 11) is 0. The molecular formula is C14H19N3. The average Bonchev–Trinajstić information content (AvgIpc) is 2.64. The average molecular weight is 229 g/mol. The van der Waals surface area contributed by atoms with Gasteiger partial charge in [-0.15, -0.1) is 0 Å². The lowest BCUT2D eigenvalue weighted by atomic mass is 10.0. The van der Waals surface area contributed by atoms with E-state index in [0.29, 0.717) is 6.54 Å². The maximum atomic E-state index is 5.64. The van der Waals surface area contributed by atoms with Crippen molar-refractivity contribution in [2.75, 3.05) is 6.54 Å². The van der Waals surface area contributed by atoms with Crippen LogP contribution in [0.3, 0.4) is 0 Å². The van der Waals surface area contributed by atoms with Crippen LogP contribution in [-0.4, -0.2) is 16.1 Å². The van der Waals surface area contributed by atoms with Crippen LogP contribution in [0.5, 0.6) is 0 Å². The first-order valence-corrected chi connectivity index (χ1v) is 5.97. The fraction of sp³-hybridized carbons (Fsp3) is 0.357. The number of hydrogen-bond acceptors (Lipinski definition) is 2. The first-order valence-electron chi connectivity index (χ1n) is 5.97. The lowest BCUT2D eigenvalue weighted by Crippen LogP contribution is -2.08. The molecular weight excluding hydrogens is 210 g/mol. The van der Waals surface area contributed by atoms with Crippen molar-refractivity contribution in [1.29, 1.82) is 0 Å². The van der Waals surface area contributed by atoms with Crippen molar-refractivity contribution in [3.63, 3.8) is 0 Å². The summed E-state index contributed by atoms with van der Waals surface area (Å²) >= 11 is 0. The summed E-state index contributed by atoms with van der Waals surface area (Å²) in [5.74, 6) is 0. The SMILES string of the molecule is Cc1ncn(Cc2ccccc2CCN)c1C. The molecule has 2 aromatic rings. The summed E-state index contributed by atoms with van der Waals surface area (Å²) in [6.07, 6.45) is 2.84. The molecule has 17 heavy (non-hydrogen) atoms. The van der Waals surface area contributed by atoms with E-state index in [2.05, 4.69) is 40.7 Å². The van der Waals surface area contributed by atoms with E-state index in [9.17, 15) is 0 Å². The minimum Gasteiger partial charge on any atom is -0.330 e. The van der Waals surface area contributed by atoms with Crippen LogP contribution in [0, 0.1) is 13.8 Å². The molecule has 2 rings (SSSR count). The summed E-state index contributed by atoms with van der Waals surface area (Å²) in [6, 6.07) is 8.47. The van der Waals surface area contributed by atoms with Crippen molar-refractivity contribution in [2.24, 2.45) is 5.73 Å². The van der Waals surface area contributed by atoms with E-state index in [1.54, 1.807) is 0 Å². The van der Waals surface area contributed by atoms with Crippen LogP contribution in [0.2, 0.25) is 0 Å². The number of aromatic nitrogens is 2. The third-order valence-corrected chi connectivity index (χ3v) is 3.22. The lowest BCUT2D eigenvalue weighted by molar-refractivity contribution is 0.757. The van der Waals surface area contributed by atoms with Crippen LogP contribution in [0.1, 0.15) is 22.5 Å². The molecule has 0 radical (unpaired) electrons. The van der Waals surface area contributed by atoms with Gasteiger partial charge in [0.1, 0.15) is 0 Å².